The van der Waals surface area contributed by atoms with E-state index in [4.69, 9.17) is 16.3 Å². The molecular formula is C19H19ClF2NO3-. The van der Waals surface area contributed by atoms with Crippen molar-refractivity contribution in [2.75, 3.05) is 7.11 Å². The van der Waals surface area contributed by atoms with E-state index in [9.17, 15) is 18.8 Å². The van der Waals surface area contributed by atoms with Gasteiger partial charge in [0.1, 0.15) is 11.6 Å². The highest BCUT2D eigenvalue weighted by molar-refractivity contribution is 6.30. The number of methoxy groups -OCH3 is 1. The summed E-state index contributed by atoms with van der Waals surface area (Å²) in [6, 6.07) is 8.58. The minimum Gasteiger partial charge on any atom is -0.759 e. The predicted molar refractivity (Wildman–Crippen MR) is 95.9 cm³/mol. The summed E-state index contributed by atoms with van der Waals surface area (Å²) < 4.78 is 33.1. The van der Waals surface area contributed by atoms with Crippen LogP contribution in [0.25, 0.3) is 0 Å². The molecule has 0 spiro atoms. The van der Waals surface area contributed by atoms with Gasteiger partial charge in [0.15, 0.2) is 0 Å². The number of hydrogen-bond donors (Lipinski definition) is 1. The first-order chi connectivity index (χ1) is 12.3. The summed E-state index contributed by atoms with van der Waals surface area (Å²) in [6.07, 6.45) is -0.677. The molecule has 4 nitrogen and oxygen atoms in total. The van der Waals surface area contributed by atoms with Crippen LogP contribution in [0, 0.1) is 23.8 Å². The molecule has 2 aromatic rings. The Morgan fingerprint density at radius 2 is 2.00 bits per heavy atom. The van der Waals surface area contributed by atoms with E-state index in [1.54, 1.807) is 12.1 Å². The second-order valence-corrected chi connectivity index (χ2v) is 6.49. The third-order valence-corrected chi connectivity index (χ3v) is 4.59. The van der Waals surface area contributed by atoms with Gasteiger partial charge in [0.2, 0.25) is 5.91 Å². The quantitative estimate of drug-likeness (QED) is 0.727. The molecule has 2 aromatic carbocycles. The van der Waals surface area contributed by atoms with Crippen molar-refractivity contribution in [3.63, 3.8) is 0 Å². The molecule has 2 atom stereocenters. The van der Waals surface area contributed by atoms with Gasteiger partial charge in [-0.25, -0.2) is 8.78 Å². The van der Waals surface area contributed by atoms with Crippen LogP contribution in [0.2, 0.25) is 5.02 Å². The Morgan fingerprint density at radius 3 is 2.58 bits per heavy atom. The van der Waals surface area contributed by atoms with Gasteiger partial charge in [-0.2, -0.15) is 0 Å². The van der Waals surface area contributed by atoms with E-state index in [1.807, 2.05) is 13.0 Å². The van der Waals surface area contributed by atoms with Crippen LogP contribution in [0.4, 0.5) is 8.78 Å². The first-order valence-electron chi connectivity index (χ1n) is 7.99. The number of hydrogen-bond acceptors (Lipinski definition) is 3. The lowest BCUT2D eigenvalue weighted by molar-refractivity contribution is -0.123. The molecule has 0 unspecified atom stereocenters. The highest BCUT2D eigenvalue weighted by atomic mass is 35.5. The zero-order valence-corrected chi connectivity index (χ0v) is 15.1. The Labute approximate surface area is 155 Å². The van der Waals surface area contributed by atoms with Crippen molar-refractivity contribution in [3.05, 3.63) is 75.0 Å². The Kier molecular flexibility index (Phi) is 7.08. The van der Waals surface area contributed by atoms with Crippen LogP contribution < -0.4 is 5.48 Å². The van der Waals surface area contributed by atoms with Gasteiger partial charge in [0, 0.05) is 24.1 Å². The average molecular weight is 383 g/mol. The lowest BCUT2D eigenvalue weighted by Crippen LogP contribution is -2.30. The van der Waals surface area contributed by atoms with Crippen LogP contribution >= 0.6 is 11.6 Å². The van der Waals surface area contributed by atoms with E-state index in [0.29, 0.717) is 11.4 Å². The summed E-state index contributed by atoms with van der Waals surface area (Å²) in [6.45, 7) is 1.87. The Hall–Kier alpha value is -2.02. The summed E-state index contributed by atoms with van der Waals surface area (Å²) in [4.78, 5) is 11.5. The second kappa shape index (κ2) is 9.07. The van der Waals surface area contributed by atoms with Gasteiger partial charge < -0.3 is 15.4 Å². The molecule has 0 saturated carbocycles. The van der Waals surface area contributed by atoms with Gasteiger partial charge in [0.25, 0.3) is 0 Å². The van der Waals surface area contributed by atoms with Crippen LogP contribution in [0.1, 0.15) is 29.0 Å². The van der Waals surface area contributed by atoms with E-state index in [2.05, 4.69) is 0 Å². The maximum atomic E-state index is 14.4. The number of benzene rings is 2. The summed E-state index contributed by atoms with van der Waals surface area (Å²) in [5.41, 5.74) is 3.30. The fourth-order valence-electron chi connectivity index (χ4n) is 2.98. The monoisotopic (exact) mass is 382 g/mol. The molecule has 26 heavy (non-hydrogen) atoms. The smallest absolute Gasteiger partial charge is 0.212 e. The summed E-state index contributed by atoms with van der Waals surface area (Å²) in [5, 5.41) is 11.2. The first kappa shape index (κ1) is 20.3. The van der Waals surface area contributed by atoms with Crippen LogP contribution in [0.5, 0.6) is 0 Å². The standard InChI is InChI=1S/C19H19ClF2NO3/c1-11-7-13(20)4-3-12(11)8-16(18(26-2)10-19(24)23-25)15-6-5-14(21)9-17(15)22/h3-7,9,16,18H,8,10H2,1-2H3,(H-,23,24,25)/q-1/t16-,18-/m1/s1. The van der Waals surface area contributed by atoms with Gasteiger partial charge in [-0.1, -0.05) is 23.7 Å². The van der Waals surface area contributed by atoms with E-state index >= 15 is 0 Å². The number of ether oxygens (including phenoxy) is 1. The van der Waals surface area contributed by atoms with Crippen molar-refractivity contribution in [3.8, 4) is 0 Å². The van der Waals surface area contributed by atoms with Crippen LogP contribution in [0.3, 0.4) is 0 Å². The van der Waals surface area contributed by atoms with Crippen molar-refractivity contribution in [2.24, 2.45) is 0 Å². The molecular weight excluding hydrogens is 364 g/mol. The lowest BCUT2D eigenvalue weighted by atomic mass is 9.84. The van der Waals surface area contributed by atoms with Crippen molar-refractivity contribution in [1.82, 2.24) is 5.48 Å². The van der Waals surface area contributed by atoms with Crippen molar-refractivity contribution in [2.45, 2.75) is 31.8 Å². The molecule has 0 bridgehead atoms. The van der Waals surface area contributed by atoms with Crippen LogP contribution in [0.15, 0.2) is 36.4 Å². The average Bonchev–Trinajstić information content (AvgIpc) is 2.60. The Bertz CT molecular complexity index is 785. The second-order valence-electron chi connectivity index (χ2n) is 6.05. The molecule has 7 heteroatoms. The maximum Gasteiger partial charge on any atom is 0.212 e. The number of carbonyl (C=O) groups excluding carboxylic acids is 1. The van der Waals surface area contributed by atoms with E-state index in [0.717, 1.165) is 23.3 Å². The molecule has 0 radical (unpaired) electrons. The topological polar surface area (TPSA) is 61.4 Å². The Balaban J connectivity index is 2.44. The molecule has 0 aliphatic carbocycles. The predicted octanol–water partition coefficient (Wildman–Crippen LogP) is 4.27. The molecule has 1 N–H and O–H groups in total. The minimum absolute atomic E-state index is 0.214. The normalized spacial score (nSPS) is 13.3. The summed E-state index contributed by atoms with van der Waals surface area (Å²) in [5.74, 6) is -2.79. The maximum absolute atomic E-state index is 14.4. The fourth-order valence-corrected chi connectivity index (χ4v) is 3.21. The molecule has 0 fully saturated rings. The lowest BCUT2D eigenvalue weighted by Gasteiger charge is -2.28. The SMILES string of the molecule is CO[C@H](CC(=O)N[O-])[C@H](Cc1ccc(Cl)cc1C)c1ccc(F)cc1F. The molecule has 0 heterocycles. The van der Waals surface area contributed by atoms with Gasteiger partial charge in [-0.3, -0.25) is 4.79 Å². The molecule has 0 aliphatic heterocycles. The van der Waals surface area contributed by atoms with Gasteiger partial charge >= 0.3 is 0 Å². The molecule has 0 aliphatic rings. The highest BCUT2D eigenvalue weighted by Gasteiger charge is 2.28. The largest absolute Gasteiger partial charge is 0.759 e. The minimum atomic E-state index is -0.766. The molecule has 2 rings (SSSR count). The summed E-state index contributed by atoms with van der Waals surface area (Å²) >= 11 is 5.98. The van der Waals surface area contributed by atoms with Crippen LogP contribution in [-0.2, 0) is 16.0 Å². The molecule has 0 aromatic heterocycles. The van der Waals surface area contributed by atoms with Crippen LogP contribution in [-0.4, -0.2) is 19.1 Å². The van der Waals surface area contributed by atoms with Gasteiger partial charge in [0.05, 0.1) is 12.5 Å². The van der Waals surface area contributed by atoms with E-state index in [-0.39, 0.29) is 12.0 Å². The fraction of sp³-hybridized carbons (Fsp3) is 0.316. The number of aryl methyl sites for hydroxylation is 1. The zero-order valence-electron chi connectivity index (χ0n) is 14.4. The van der Waals surface area contributed by atoms with E-state index < -0.39 is 29.6 Å². The first-order valence-corrected chi connectivity index (χ1v) is 8.37. The number of carbonyl (C=O) groups is 1. The number of nitrogens with one attached hydrogen (secondary N) is 1. The van der Waals surface area contributed by atoms with Crippen molar-refractivity contribution < 1.29 is 18.3 Å². The molecule has 140 valence electrons. The number of amides is 1. The number of hydroxylamine groups is 1. The Morgan fingerprint density at radius 1 is 1.27 bits per heavy atom. The third kappa shape index (κ3) is 5.00. The number of halogens is 3. The van der Waals surface area contributed by atoms with Gasteiger partial charge in [-0.05, 0) is 48.2 Å². The molecule has 1 amide bonds. The molecule has 0 saturated heterocycles. The zero-order chi connectivity index (χ0) is 19.3. The summed E-state index contributed by atoms with van der Waals surface area (Å²) in [7, 11) is 1.38. The van der Waals surface area contributed by atoms with Crippen molar-refractivity contribution in [1.29, 1.82) is 0 Å². The third-order valence-electron chi connectivity index (χ3n) is 4.36. The van der Waals surface area contributed by atoms with E-state index in [1.165, 1.54) is 18.7 Å². The highest BCUT2D eigenvalue weighted by Crippen LogP contribution is 2.32. The number of rotatable bonds is 7. The van der Waals surface area contributed by atoms with Crippen molar-refractivity contribution >= 4 is 17.5 Å². The van der Waals surface area contributed by atoms with Gasteiger partial charge in [-0.15, -0.1) is 0 Å².